The Hall–Kier alpha value is -2.77. The van der Waals surface area contributed by atoms with Gasteiger partial charge in [0.2, 0.25) is 0 Å². The molecule has 2 fully saturated rings. The van der Waals surface area contributed by atoms with Crippen molar-refractivity contribution in [3.8, 4) is 10.4 Å². The molecule has 3 aromatic rings. The van der Waals surface area contributed by atoms with Crippen molar-refractivity contribution < 1.29 is 14.0 Å². The van der Waals surface area contributed by atoms with Gasteiger partial charge in [-0.2, -0.15) is 0 Å². The summed E-state index contributed by atoms with van der Waals surface area (Å²) in [6.45, 7) is 0.926. The van der Waals surface area contributed by atoms with Gasteiger partial charge in [0.25, 0.3) is 11.8 Å². The smallest absolute Gasteiger partial charge is 0.274 e. The quantitative estimate of drug-likeness (QED) is 0.461. The summed E-state index contributed by atoms with van der Waals surface area (Å²) in [7, 11) is 0. The van der Waals surface area contributed by atoms with Crippen molar-refractivity contribution in [2.75, 3.05) is 13.1 Å². The monoisotopic (exact) mass is 497 g/mol. The van der Waals surface area contributed by atoms with Gasteiger partial charge in [0.05, 0.1) is 9.88 Å². The fourth-order valence-electron chi connectivity index (χ4n) is 4.37. The van der Waals surface area contributed by atoms with Crippen LogP contribution in [0.3, 0.4) is 0 Å². The van der Waals surface area contributed by atoms with Crippen LogP contribution >= 0.6 is 22.9 Å². The second kappa shape index (κ2) is 9.84. The van der Waals surface area contributed by atoms with E-state index in [2.05, 4.69) is 5.32 Å². The van der Waals surface area contributed by atoms with Crippen LogP contribution in [0.1, 0.15) is 63.9 Å². The number of amides is 2. The summed E-state index contributed by atoms with van der Waals surface area (Å²) >= 11 is 7.44. The van der Waals surface area contributed by atoms with E-state index in [9.17, 15) is 14.0 Å². The molecule has 0 radical (unpaired) electrons. The van der Waals surface area contributed by atoms with E-state index in [1.807, 2.05) is 0 Å². The van der Waals surface area contributed by atoms with E-state index in [0.29, 0.717) is 45.7 Å². The number of thiazole rings is 1. The summed E-state index contributed by atoms with van der Waals surface area (Å²) in [5.41, 5.74) is 1.22. The normalized spacial score (nSPS) is 18.1. The van der Waals surface area contributed by atoms with Gasteiger partial charge < -0.3 is 10.2 Å². The summed E-state index contributed by atoms with van der Waals surface area (Å²) in [5.74, 6) is -0.405. The Morgan fingerprint density at radius 1 is 1.12 bits per heavy atom. The van der Waals surface area contributed by atoms with E-state index < -0.39 is 0 Å². The van der Waals surface area contributed by atoms with Gasteiger partial charge in [-0.05, 0) is 56.4 Å². The number of nitrogens with one attached hydrogen (secondary N) is 1. The summed E-state index contributed by atoms with van der Waals surface area (Å²) in [4.78, 5) is 33.5. The zero-order chi connectivity index (χ0) is 23.7. The number of benzene rings is 2. The largest absolute Gasteiger partial charge is 0.350 e. The van der Waals surface area contributed by atoms with Crippen molar-refractivity contribution in [1.29, 1.82) is 0 Å². The fourth-order valence-corrected chi connectivity index (χ4v) is 5.82. The molecule has 2 heterocycles. The SMILES string of the molecule is O=C(NCC1CCCCN1C(=O)c1nc(C2CC2)sc1-c1ccccc1F)c1cccc(Cl)c1. The molecule has 34 heavy (non-hydrogen) atoms. The molecule has 1 N–H and O–H groups in total. The van der Waals surface area contributed by atoms with Crippen molar-refractivity contribution >= 4 is 34.8 Å². The lowest BCUT2D eigenvalue weighted by atomic mass is 10.0. The predicted octanol–water partition coefficient (Wildman–Crippen LogP) is 5.90. The summed E-state index contributed by atoms with van der Waals surface area (Å²) in [6.07, 6.45) is 4.76. The number of hydrogen-bond acceptors (Lipinski definition) is 4. The zero-order valence-electron chi connectivity index (χ0n) is 18.6. The molecule has 1 unspecified atom stereocenters. The fraction of sp³-hybridized carbons (Fsp3) is 0.346. The van der Waals surface area contributed by atoms with E-state index >= 15 is 0 Å². The van der Waals surface area contributed by atoms with Crippen LogP contribution in [-0.2, 0) is 0 Å². The first-order valence-electron chi connectivity index (χ1n) is 11.6. The number of nitrogens with zero attached hydrogens (tertiary/aromatic N) is 2. The maximum atomic E-state index is 14.7. The number of halogens is 2. The number of piperidine rings is 1. The van der Waals surface area contributed by atoms with Crippen LogP contribution < -0.4 is 5.32 Å². The summed E-state index contributed by atoms with van der Waals surface area (Å²) < 4.78 is 14.7. The average molecular weight is 498 g/mol. The zero-order valence-corrected chi connectivity index (χ0v) is 20.2. The minimum Gasteiger partial charge on any atom is -0.350 e. The van der Waals surface area contributed by atoms with Crippen molar-refractivity contribution in [2.24, 2.45) is 0 Å². The van der Waals surface area contributed by atoms with Gasteiger partial charge in [-0.3, -0.25) is 9.59 Å². The van der Waals surface area contributed by atoms with Crippen LogP contribution in [-0.4, -0.2) is 40.8 Å². The van der Waals surface area contributed by atoms with E-state index in [4.69, 9.17) is 16.6 Å². The molecular formula is C26H25ClFN3O2S. The van der Waals surface area contributed by atoms with Gasteiger partial charge in [0, 0.05) is 41.2 Å². The minimum atomic E-state index is -0.355. The van der Waals surface area contributed by atoms with Crippen molar-refractivity contribution in [2.45, 2.75) is 44.1 Å². The summed E-state index contributed by atoms with van der Waals surface area (Å²) in [6, 6.07) is 13.2. The Morgan fingerprint density at radius 3 is 2.71 bits per heavy atom. The minimum absolute atomic E-state index is 0.149. The molecule has 176 valence electrons. The lowest BCUT2D eigenvalue weighted by Crippen LogP contribution is -2.49. The van der Waals surface area contributed by atoms with Gasteiger partial charge in [-0.15, -0.1) is 11.3 Å². The molecule has 2 aliphatic rings. The van der Waals surface area contributed by atoms with Crippen LogP contribution in [0.4, 0.5) is 4.39 Å². The lowest BCUT2D eigenvalue weighted by molar-refractivity contribution is 0.0598. The standard InChI is InChI=1S/C26H25ClFN3O2S/c27-18-7-5-6-17(14-18)24(32)29-15-19-8-3-4-13-31(19)26(33)22-23(20-9-1-2-10-21(20)28)34-25(30-22)16-11-12-16/h1-2,5-7,9-10,14,16,19H,3-4,8,11-13,15H2,(H,29,32). The Morgan fingerprint density at radius 2 is 1.94 bits per heavy atom. The lowest BCUT2D eigenvalue weighted by Gasteiger charge is -2.35. The molecule has 1 saturated heterocycles. The Bertz CT molecular complexity index is 1230. The predicted molar refractivity (Wildman–Crippen MR) is 132 cm³/mol. The van der Waals surface area contributed by atoms with E-state index in [1.165, 1.54) is 17.4 Å². The molecule has 1 saturated carbocycles. The first kappa shape index (κ1) is 23.0. The van der Waals surface area contributed by atoms with Gasteiger partial charge in [-0.1, -0.05) is 35.9 Å². The number of carbonyl (C=O) groups is 2. The molecule has 2 amide bonds. The molecule has 0 spiro atoms. The first-order valence-corrected chi connectivity index (χ1v) is 12.8. The Balaban J connectivity index is 1.38. The molecule has 5 rings (SSSR count). The maximum absolute atomic E-state index is 14.7. The number of carbonyl (C=O) groups excluding carboxylic acids is 2. The van der Waals surface area contributed by atoms with Gasteiger partial charge in [0.15, 0.2) is 0 Å². The highest BCUT2D eigenvalue weighted by Crippen LogP contribution is 2.45. The highest BCUT2D eigenvalue weighted by molar-refractivity contribution is 7.15. The molecule has 2 aromatic carbocycles. The van der Waals surface area contributed by atoms with E-state index in [0.717, 1.165) is 37.1 Å². The third-order valence-corrected chi connectivity index (χ3v) is 7.85. The second-order valence-electron chi connectivity index (χ2n) is 8.85. The molecule has 0 bridgehead atoms. The molecule has 1 aromatic heterocycles. The topological polar surface area (TPSA) is 62.3 Å². The average Bonchev–Trinajstić information content (AvgIpc) is 3.61. The van der Waals surface area contributed by atoms with Crippen LogP contribution in [0.2, 0.25) is 5.02 Å². The molecule has 5 nitrogen and oxygen atoms in total. The Kier molecular flexibility index (Phi) is 6.66. The number of likely N-dealkylation sites (tertiary alicyclic amines) is 1. The number of hydrogen-bond donors (Lipinski definition) is 1. The van der Waals surface area contributed by atoms with Gasteiger partial charge >= 0.3 is 0 Å². The van der Waals surface area contributed by atoms with Gasteiger partial charge in [0.1, 0.15) is 11.5 Å². The van der Waals surface area contributed by atoms with Crippen LogP contribution in [0, 0.1) is 5.82 Å². The maximum Gasteiger partial charge on any atom is 0.274 e. The molecule has 1 aliphatic carbocycles. The second-order valence-corrected chi connectivity index (χ2v) is 10.3. The molecule has 8 heteroatoms. The van der Waals surface area contributed by atoms with Crippen LogP contribution in [0.15, 0.2) is 48.5 Å². The number of aromatic nitrogens is 1. The number of rotatable bonds is 6. The molecule has 1 atom stereocenters. The molecule has 1 aliphatic heterocycles. The van der Waals surface area contributed by atoms with Crippen molar-refractivity contribution in [1.82, 2.24) is 15.2 Å². The van der Waals surface area contributed by atoms with Crippen molar-refractivity contribution in [3.05, 3.63) is 75.6 Å². The third-order valence-electron chi connectivity index (χ3n) is 6.36. The summed E-state index contributed by atoms with van der Waals surface area (Å²) in [5, 5.41) is 4.36. The van der Waals surface area contributed by atoms with Gasteiger partial charge in [-0.25, -0.2) is 9.37 Å². The molecular weight excluding hydrogens is 473 g/mol. The van der Waals surface area contributed by atoms with E-state index in [-0.39, 0.29) is 23.7 Å². The first-order chi connectivity index (χ1) is 16.5. The highest BCUT2D eigenvalue weighted by atomic mass is 35.5. The van der Waals surface area contributed by atoms with Crippen LogP contribution in [0.25, 0.3) is 10.4 Å². The Labute approximate surface area is 207 Å². The third kappa shape index (κ3) is 4.86. The van der Waals surface area contributed by atoms with Crippen molar-refractivity contribution in [3.63, 3.8) is 0 Å². The van der Waals surface area contributed by atoms with Crippen LogP contribution in [0.5, 0.6) is 0 Å². The van der Waals surface area contributed by atoms with E-state index in [1.54, 1.807) is 47.4 Å². The highest BCUT2D eigenvalue weighted by Gasteiger charge is 2.35.